The van der Waals surface area contributed by atoms with Crippen LogP contribution < -0.4 is 15.4 Å². The average molecular weight is 449 g/mol. The third-order valence-electron chi connectivity index (χ3n) is 5.53. The molecule has 0 spiro atoms. The maximum atomic E-state index is 13.3. The molecule has 32 heavy (non-hydrogen) atoms. The Morgan fingerprint density at radius 1 is 0.938 bits per heavy atom. The molecule has 0 unspecified atom stereocenters. The highest BCUT2D eigenvalue weighted by Gasteiger charge is 2.26. The largest absolute Gasteiger partial charge is 0.494 e. The first-order valence-corrected chi connectivity index (χ1v) is 12.0. The van der Waals surface area contributed by atoms with Gasteiger partial charge in [0, 0.05) is 10.6 Å². The van der Waals surface area contributed by atoms with Crippen molar-refractivity contribution in [3.63, 3.8) is 0 Å². The topological polar surface area (TPSA) is 67.4 Å². The van der Waals surface area contributed by atoms with Gasteiger partial charge in [0.1, 0.15) is 10.8 Å². The van der Waals surface area contributed by atoms with Gasteiger partial charge in [-0.25, -0.2) is 0 Å². The molecule has 2 amide bonds. The van der Waals surface area contributed by atoms with Crippen LogP contribution in [0.5, 0.6) is 5.75 Å². The molecule has 2 N–H and O–H groups in total. The highest BCUT2D eigenvalue weighted by Crippen LogP contribution is 2.38. The van der Waals surface area contributed by atoms with E-state index >= 15 is 0 Å². The van der Waals surface area contributed by atoms with Gasteiger partial charge >= 0.3 is 0 Å². The Hall–Kier alpha value is -3.12. The summed E-state index contributed by atoms with van der Waals surface area (Å²) in [7, 11) is 0. The fourth-order valence-electron chi connectivity index (χ4n) is 4.02. The van der Waals surface area contributed by atoms with E-state index in [0.717, 1.165) is 49.0 Å². The number of ether oxygens (including phenoxy) is 1. The first-order chi connectivity index (χ1) is 15.6. The number of rotatable bonds is 7. The molecule has 6 heteroatoms. The number of carbonyl (C=O) groups is 2. The number of amides is 2. The zero-order valence-corrected chi connectivity index (χ0v) is 19.1. The van der Waals surface area contributed by atoms with E-state index in [1.165, 1.54) is 4.88 Å². The summed E-state index contributed by atoms with van der Waals surface area (Å²) < 4.78 is 5.48. The minimum absolute atomic E-state index is 0.109. The molecule has 0 radical (unpaired) electrons. The molecule has 0 bridgehead atoms. The second-order valence-electron chi connectivity index (χ2n) is 7.89. The number of benzene rings is 2. The molecule has 1 aliphatic carbocycles. The summed E-state index contributed by atoms with van der Waals surface area (Å²) in [6, 6.07) is 17.0. The van der Waals surface area contributed by atoms with Gasteiger partial charge in [0.15, 0.2) is 0 Å². The molecule has 2 aromatic carbocycles. The zero-order valence-electron chi connectivity index (χ0n) is 18.3. The van der Waals surface area contributed by atoms with Crippen molar-refractivity contribution in [2.24, 2.45) is 0 Å². The van der Waals surface area contributed by atoms with Crippen LogP contribution in [0.15, 0.2) is 54.6 Å². The lowest BCUT2D eigenvalue weighted by atomic mass is 10.0. The maximum absolute atomic E-state index is 13.3. The number of fused-ring (bicyclic) bond motifs is 1. The van der Waals surface area contributed by atoms with E-state index in [2.05, 4.69) is 10.6 Å². The van der Waals surface area contributed by atoms with Gasteiger partial charge in [-0.15, -0.1) is 11.3 Å². The number of thiophene rings is 1. The Kier molecular flexibility index (Phi) is 7.22. The molecule has 0 aliphatic heterocycles. The highest BCUT2D eigenvalue weighted by atomic mass is 32.1. The summed E-state index contributed by atoms with van der Waals surface area (Å²) in [5.74, 6) is 0.482. The highest BCUT2D eigenvalue weighted by molar-refractivity contribution is 7.17. The van der Waals surface area contributed by atoms with E-state index in [-0.39, 0.29) is 18.2 Å². The van der Waals surface area contributed by atoms with Crippen LogP contribution in [0.1, 0.15) is 52.5 Å². The van der Waals surface area contributed by atoms with E-state index in [1.807, 2.05) is 61.5 Å². The summed E-state index contributed by atoms with van der Waals surface area (Å²) in [6.45, 7) is 2.53. The number of aryl methyl sites for hydroxylation is 1. The molecule has 1 aliphatic rings. The van der Waals surface area contributed by atoms with Crippen molar-refractivity contribution in [1.29, 1.82) is 0 Å². The molecule has 1 aromatic heterocycles. The second-order valence-corrected chi connectivity index (χ2v) is 9.00. The molecule has 0 saturated heterocycles. The molecule has 0 fully saturated rings. The Balaban J connectivity index is 1.56. The first-order valence-electron chi connectivity index (χ1n) is 11.2. The number of anilines is 2. The number of nitrogens with one attached hydrogen (secondary N) is 2. The second kappa shape index (κ2) is 10.5. The average Bonchev–Trinajstić information content (AvgIpc) is 2.96. The van der Waals surface area contributed by atoms with Gasteiger partial charge in [-0.3, -0.25) is 9.59 Å². The number of hydrogen-bond donors (Lipinski definition) is 2. The lowest BCUT2D eigenvalue weighted by molar-refractivity contribution is -0.115. The van der Waals surface area contributed by atoms with Gasteiger partial charge in [0.05, 0.1) is 18.6 Å². The predicted molar refractivity (Wildman–Crippen MR) is 130 cm³/mol. The van der Waals surface area contributed by atoms with Crippen molar-refractivity contribution in [2.75, 3.05) is 17.2 Å². The molecular formula is C26H28N2O3S. The van der Waals surface area contributed by atoms with Crippen LogP contribution in [0.4, 0.5) is 10.7 Å². The SMILES string of the molecule is CCOc1ccc(NC(=O)c2c(NC(=O)Cc3ccccc3)sc3c2CCCCC3)cc1. The van der Waals surface area contributed by atoms with Crippen LogP contribution in [-0.4, -0.2) is 18.4 Å². The van der Waals surface area contributed by atoms with Crippen LogP contribution in [0, 0.1) is 0 Å². The van der Waals surface area contributed by atoms with E-state index in [4.69, 9.17) is 4.74 Å². The standard InChI is InChI=1S/C26H28N2O3S/c1-2-31-20-15-13-19(14-16-20)27-25(30)24-21-11-7-4-8-12-22(21)32-26(24)28-23(29)17-18-9-5-3-6-10-18/h3,5-6,9-10,13-16H,2,4,7-8,11-12,17H2,1H3,(H,27,30)(H,28,29). The van der Waals surface area contributed by atoms with Crippen LogP contribution >= 0.6 is 11.3 Å². The van der Waals surface area contributed by atoms with Gasteiger partial charge < -0.3 is 15.4 Å². The summed E-state index contributed by atoms with van der Waals surface area (Å²) >= 11 is 1.55. The van der Waals surface area contributed by atoms with Gasteiger partial charge in [0.2, 0.25) is 5.91 Å². The quantitative estimate of drug-likeness (QED) is 0.446. The third-order valence-corrected chi connectivity index (χ3v) is 6.74. The maximum Gasteiger partial charge on any atom is 0.258 e. The van der Waals surface area contributed by atoms with Gasteiger partial charge in [-0.05, 0) is 68.0 Å². The van der Waals surface area contributed by atoms with Crippen molar-refractivity contribution >= 4 is 33.8 Å². The van der Waals surface area contributed by atoms with Crippen LogP contribution in [0.2, 0.25) is 0 Å². The monoisotopic (exact) mass is 448 g/mol. The van der Waals surface area contributed by atoms with E-state index in [9.17, 15) is 9.59 Å². The minimum Gasteiger partial charge on any atom is -0.494 e. The zero-order chi connectivity index (χ0) is 22.3. The van der Waals surface area contributed by atoms with Crippen molar-refractivity contribution in [2.45, 2.75) is 45.4 Å². The first kappa shape index (κ1) is 22.1. The lowest BCUT2D eigenvalue weighted by Gasteiger charge is -2.11. The summed E-state index contributed by atoms with van der Waals surface area (Å²) in [6.07, 6.45) is 5.44. The molecule has 5 nitrogen and oxygen atoms in total. The van der Waals surface area contributed by atoms with Gasteiger partial charge in [-0.1, -0.05) is 36.8 Å². The molecular weight excluding hydrogens is 420 g/mol. The molecule has 0 atom stereocenters. The summed E-state index contributed by atoms with van der Waals surface area (Å²) in [5, 5.41) is 6.69. The van der Waals surface area contributed by atoms with Crippen LogP contribution in [0.25, 0.3) is 0 Å². The summed E-state index contributed by atoms with van der Waals surface area (Å²) in [4.78, 5) is 27.3. The van der Waals surface area contributed by atoms with E-state index in [1.54, 1.807) is 11.3 Å². The molecule has 4 rings (SSSR count). The van der Waals surface area contributed by atoms with Crippen molar-refractivity contribution in [3.8, 4) is 5.75 Å². The van der Waals surface area contributed by atoms with Crippen LogP contribution in [-0.2, 0) is 24.1 Å². The Bertz CT molecular complexity index is 1070. The summed E-state index contributed by atoms with van der Waals surface area (Å²) in [5.41, 5.74) is 3.35. The van der Waals surface area contributed by atoms with Gasteiger partial charge in [0.25, 0.3) is 5.91 Å². The Labute approximate surface area is 192 Å². The number of hydrogen-bond acceptors (Lipinski definition) is 4. The number of carbonyl (C=O) groups excluding carboxylic acids is 2. The fraction of sp³-hybridized carbons (Fsp3) is 0.308. The smallest absolute Gasteiger partial charge is 0.258 e. The van der Waals surface area contributed by atoms with Crippen molar-refractivity contribution in [3.05, 3.63) is 76.2 Å². The Morgan fingerprint density at radius 3 is 2.44 bits per heavy atom. The molecule has 1 heterocycles. The third kappa shape index (κ3) is 5.37. The Morgan fingerprint density at radius 2 is 1.69 bits per heavy atom. The molecule has 0 saturated carbocycles. The van der Waals surface area contributed by atoms with E-state index < -0.39 is 0 Å². The van der Waals surface area contributed by atoms with E-state index in [0.29, 0.717) is 22.9 Å². The molecule has 3 aromatic rings. The molecule has 166 valence electrons. The normalized spacial score (nSPS) is 13.0. The van der Waals surface area contributed by atoms with Crippen molar-refractivity contribution in [1.82, 2.24) is 0 Å². The van der Waals surface area contributed by atoms with Crippen molar-refractivity contribution < 1.29 is 14.3 Å². The van der Waals surface area contributed by atoms with Gasteiger partial charge in [-0.2, -0.15) is 0 Å². The minimum atomic E-state index is -0.177. The fourth-order valence-corrected chi connectivity index (χ4v) is 5.32. The lowest BCUT2D eigenvalue weighted by Crippen LogP contribution is -2.19. The van der Waals surface area contributed by atoms with Crippen LogP contribution in [0.3, 0.4) is 0 Å². The predicted octanol–water partition coefficient (Wildman–Crippen LogP) is 5.85.